The second-order valence-electron chi connectivity index (χ2n) is 1.05. The first-order valence-electron chi connectivity index (χ1n) is 1.85. The number of hydrogen-bond donors (Lipinski definition) is 0. The zero-order chi connectivity index (χ0) is 5.98. The van der Waals surface area contributed by atoms with E-state index in [-0.39, 0.29) is 82.3 Å². The van der Waals surface area contributed by atoms with Gasteiger partial charge in [-0.15, -0.1) is 43.2 Å². The van der Waals surface area contributed by atoms with Crippen molar-refractivity contribution in [2.75, 3.05) is 0 Å². The Morgan fingerprint density at radius 1 is 0.727 bits per heavy atom. The summed E-state index contributed by atoms with van der Waals surface area (Å²) in [5, 5.41) is 0. The minimum absolute atomic E-state index is 0. The molecule has 0 saturated carbocycles. The first-order valence-corrected chi connectivity index (χ1v) is 6.41. The molecule has 0 aromatic heterocycles. The third-order valence-electron chi connectivity index (χ3n) is 0.385. The van der Waals surface area contributed by atoms with Gasteiger partial charge < -0.3 is 11.5 Å². The molecule has 8 heteroatoms. The molecule has 2 nitrogen and oxygen atoms in total. The van der Waals surface area contributed by atoms with Crippen LogP contribution in [-0.4, -0.2) is 9.41 Å². The van der Waals surface area contributed by atoms with E-state index in [4.69, 9.17) is 11.5 Å². The summed E-state index contributed by atoms with van der Waals surface area (Å²) in [6, 6.07) is 0. The van der Waals surface area contributed by atoms with Gasteiger partial charge in [-0.3, -0.25) is 0 Å². The number of rotatable bonds is 0. The maximum Gasteiger partial charge on any atom is 0 e. The van der Waals surface area contributed by atoms with Gasteiger partial charge in [0, 0.05) is 65.4 Å². The molecule has 2 saturated heterocycles. The largest absolute Gasteiger partial charge is 0.656 e. The molecule has 0 aromatic rings. The Balaban J connectivity index is -0.0000000914. The average Bonchev–Trinajstić information content (AvgIpc) is 2.47. The van der Waals surface area contributed by atoms with Crippen molar-refractivity contribution in [3.63, 3.8) is 0 Å². The van der Waals surface area contributed by atoms with Crippen LogP contribution in [0.25, 0.3) is 11.5 Å². The van der Waals surface area contributed by atoms with Crippen molar-refractivity contribution in [3.8, 4) is 0 Å². The van der Waals surface area contributed by atoms with E-state index in [1.165, 1.54) is 0 Å². The summed E-state index contributed by atoms with van der Waals surface area (Å²) >= 11 is 0. The van der Waals surface area contributed by atoms with E-state index < -0.39 is 0 Å². The molecule has 11 heavy (non-hydrogen) atoms. The Hall–Kier alpha value is 3.53. The maximum atomic E-state index is 6.62. The normalized spacial score (nSPS) is 19.1. The standard InChI is InChI=1S/2CH2NS2.CH4.2Y/c2*2-1-3-4-1;;;/h2*1-2H;1H4;;/q2*-1;;;. The first-order chi connectivity index (χ1) is 3.79. The Kier molecular flexibility index (Phi) is 21.1. The third-order valence-corrected chi connectivity index (χ3v) is 3.46. The van der Waals surface area contributed by atoms with Crippen molar-refractivity contribution >= 4 is 43.2 Å². The van der Waals surface area contributed by atoms with Crippen LogP contribution in [0.4, 0.5) is 0 Å². The van der Waals surface area contributed by atoms with Gasteiger partial charge in [0.2, 0.25) is 0 Å². The molecule has 62 valence electrons. The van der Waals surface area contributed by atoms with E-state index in [0.717, 1.165) is 0 Å². The Morgan fingerprint density at radius 2 is 0.818 bits per heavy atom. The van der Waals surface area contributed by atoms with E-state index in [2.05, 4.69) is 0 Å². The molecular formula is C3H8N2S4Y2-2. The Labute approximate surface area is 134 Å². The fourth-order valence-electron chi connectivity index (χ4n) is 0.0556. The van der Waals surface area contributed by atoms with Crippen LogP contribution < -0.4 is 0 Å². The summed E-state index contributed by atoms with van der Waals surface area (Å²) in [6.07, 6.45) is 0. The average molecular weight is 378 g/mol. The van der Waals surface area contributed by atoms with Gasteiger partial charge >= 0.3 is 0 Å². The molecule has 0 atom stereocenters. The quantitative estimate of drug-likeness (QED) is 0.471. The van der Waals surface area contributed by atoms with Crippen LogP contribution in [0.2, 0.25) is 0 Å². The molecule has 2 N–H and O–H groups in total. The fraction of sp³-hybridized carbons (Fsp3) is 1.00. The molecule has 2 aliphatic heterocycles. The molecule has 0 aromatic carbocycles. The van der Waals surface area contributed by atoms with E-state index >= 15 is 0 Å². The molecule has 0 aliphatic carbocycles. The summed E-state index contributed by atoms with van der Waals surface area (Å²) < 4.78 is 0.333. The Morgan fingerprint density at radius 3 is 0.818 bits per heavy atom. The van der Waals surface area contributed by atoms with Crippen molar-refractivity contribution in [1.82, 2.24) is 0 Å². The van der Waals surface area contributed by atoms with Crippen molar-refractivity contribution < 1.29 is 65.4 Å². The van der Waals surface area contributed by atoms with E-state index in [1.807, 2.05) is 0 Å². The van der Waals surface area contributed by atoms with Gasteiger partial charge in [-0.2, -0.15) is 0 Å². The molecule has 0 unspecified atom stereocenters. The van der Waals surface area contributed by atoms with Crippen molar-refractivity contribution in [3.05, 3.63) is 11.5 Å². The summed E-state index contributed by atoms with van der Waals surface area (Å²) in [5.74, 6) is 0. The van der Waals surface area contributed by atoms with E-state index in [9.17, 15) is 0 Å². The molecule has 0 spiro atoms. The predicted octanol–water partition coefficient (Wildman–Crippen LogP) is 4.07. The summed E-state index contributed by atoms with van der Waals surface area (Å²) in [7, 11) is 6.43. The van der Waals surface area contributed by atoms with Crippen LogP contribution in [0, 0.1) is 0 Å². The molecule has 2 radical (unpaired) electrons. The third kappa shape index (κ3) is 19.8. The summed E-state index contributed by atoms with van der Waals surface area (Å²) in [5.41, 5.74) is 13.2. The van der Waals surface area contributed by atoms with Gasteiger partial charge in [-0.05, 0) is 9.41 Å². The molecule has 2 rings (SSSR count). The molecule has 0 bridgehead atoms. The molecule has 2 fully saturated rings. The van der Waals surface area contributed by atoms with Crippen molar-refractivity contribution in [2.24, 2.45) is 0 Å². The van der Waals surface area contributed by atoms with Crippen molar-refractivity contribution in [1.29, 1.82) is 0 Å². The van der Waals surface area contributed by atoms with Gasteiger partial charge in [0.05, 0.1) is 0 Å². The first kappa shape index (κ1) is 20.0. The second-order valence-corrected chi connectivity index (χ2v) is 6.61. The summed E-state index contributed by atoms with van der Waals surface area (Å²) in [4.78, 5) is 0. The minimum Gasteiger partial charge on any atom is -0.656 e. The monoisotopic (exact) mass is 378 g/mol. The topological polar surface area (TPSA) is 47.6 Å². The van der Waals surface area contributed by atoms with E-state index in [1.54, 1.807) is 43.2 Å². The summed E-state index contributed by atoms with van der Waals surface area (Å²) in [6.45, 7) is 0. The van der Waals surface area contributed by atoms with Crippen molar-refractivity contribution in [2.45, 2.75) is 16.8 Å². The smallest absolute Gasteiger partial charge is 0 e. The van der Waals surface area contributed by atoms with Crippen LogP contribution in [0.15, 0.2) is 0 Å². The van der Waals surface area contributed by atoms with Crippen LogP contribution >= 0.6 is 43.2 Å². The number of hydrogen-bond acceptors (Lipinski definition) is 4. The molecule has 2 aliphatic rings. The fourth-order valence-corrected chi connectivity index (χ4v) is 0.500. The molecule has 0 amide bonds. The van der Waals surface area contributed by atoms with Crippen LogP contribution in [0.3, 0.4) is 0 Å². The minimum atomic E-state index is 0. The van der Waals surface area contributed by atoms with Crippen LogP contribution in [-0.2, 0) is 65.4 Å². The predicted molar refractivity (Wildman–Crippen MR) is 53.3 cm³/mol. The van der Waals surface area contributed by atoms with Crippen LogP contribution in [0.1, 0.15) is 7.43 Å². The SMILES string of the molecule is C.[NH-]C1SS1.[NH-]C1SS1.[Y].[Y]. The maximum absolute atomic E-state index is 6.62. The van der Waals surface area contributed by atoms with E-state index in [0.29, 0.717) is 0 Å². The molecule has 2 heterocycles. The molecular weight excluding hydrogens is 370 g/mol. The second kappa shape index (κ2) is 11.6. The van der Waals surface area contributed by atoms with Crippen LogP contribution in [0.5, 0.6) is 0 Å². The van der Waals surface area contributed by atoms with Gasteiger partial charge in [0.1, 0.15) is 0 Å². The van der Waals surface area contributed by atoms with Gasteiger partial charge in [-0.25, -0.2) is 0 Å². The van der Waals surface area contributed by atoms with Gasteiger partial charge in [0.25, 0.3) is 0 Å². The van der Waals surface area contributed by atoms with Gasteiger partial charge in [-0.1, -0.05) is 7.43 Å². The zero-order valence-corrected chi connectivity index (χ0v) is 13.9. The van der Waals surface area contributed by atoms with Gasteiger partial charge in [0.15, 0.2) is 0 Å². The Bertz CT molecular complexity index is 69.7. The number of nitrogens with one attached hydrogen (secondary N) is 2. The zero-order valence-electron chi connectivity index (χ0n) is 4.94.